The lowest BCUT2D eigenvalue weighted by Gasteiger charge is -2.50. The minimum absolute atomic E-state index is 0.355. The molecule has 0 radical (unpaired) electrons. The summed E-state index contributed by atoms with van der Waals surface area (Å²) in [5, 5.41) is 3.96. The third kappa shape index (κ3) is 4.20. The van der Waals surface area contributed by atoms with Crippen LogP contribution in [0.15, 0.2) is 0 Å². The standard InChI is InChI=1S/C18H36N2O/c1-4-13-19-17(16-9-14-21-15-10-16)18(20(2)3)11-7-5-6-8-12-18/h16-17,19H,4-15H2,1-3H3. The van der Waals surface area contributed by atoms with E-state index in [2.05, 4.69) is 31.2 Å². The molecule has 1 unspecified atom stereocenters. The van der Waals surface area contributed by atoms with Gasteiger partial charge >= 0.3 is 0 Å². The van der Waals surface area contributed by atoms with Gasteiger partial charge in [-0.15, -0.1) is 0 Å². The third-order valence-electron chi connectivity index (χ3n) is 5.79. The van der Waals surface area contributed by atoms with Gasteiger partial charge in [0, 0.05) is 24.8 Å². The van der Waals surface area contributed by atoms with Crippen LogP contribution in [-0.4, -0.2) is 50.3 Å². The molecule has 2 fully saturated rings. The molecule has 0 bridgehead atoms. The van der Waals surface area contributed by atoms with Crippen LogP contribution in [0, 0.1) is 5.92 Å². The summed E-state index contributed by atoms with van der Waals surface area (Å²) in [6.07, 6.45) is 12.0. The van der Waals surface area contributed by atoms with Crippen molar-refractivity contribution in [1.29, 1.82) is 0 Å². The Hall–Kier alpha value is -0.120. The second-order valence-corrected chi connectivity index (χ2v) is 7.29. The number of nitrogens with zero attached hydrogens (tertiary/aromatic N) is 1. The Morgan fingerprint density at radius 2 is 1.71 bits per heavy atom. The highest BCUT2D eigenvalue weighted by atomic mass is 16.5. The van der Waals surface area contributed by atoms with Crippen molar-refractivity contribution in [3.63, 3.8) is 0 Å². The van der Waals surface area contributed by atoms with Gasteiger partial charge in [-0.3, -0.25) is 0 Å². The average molecular weight is 296 g/mol. The number of ether oxygens (including phenoxy) is 1. The molecule has 0 aromatic rings. The highest BCUT2D eigenvalue weighted by Gasteiger charge is 2.44. The van der Waals surface area contributed by atoms with Gasteiger partial charge in [-0.1, -0.05) is 32.6 Å². The second kappa shape index (κ2) is 8.50. The molecule has 1 aliphatic carbocycles. The molecule has 1 aliphatic heterocycles. The van der Waals surface area contributed by atoms with Crippen molar-refractivity contribution in [2.45, 2.75) is 76.3 Å². The van der Waals surface area contributed by atoms with Gasteiger partial charge in [0.05, 0.1) is 0 Å². The molecule has 124 valence electrons. The second-order valence-electron chi connectivity index (χ2n) is 7.29. The first-order valence-corrected chi connectivity index (χ1v) is 9.19. The summed E-state index contributed by atoms with van der Waals surface area (Å²) in [6.45, 7) is 5.35. The third-order valence-corrected chi connectivity index (χ3v) is 5.79. The van der Waals surface area contributed by atoms with Crippen molar-refractivity contribution in [1.82, 2.24) is 10.2 Å². The summed E-state index contributed by atoms with van der Waals surface area (Å²) in [5.41, 5.74) is 0.355. The van der Waals surface area contributed by atoms with Crippen LogP contribution in [0.2, 0.25) is 0 Å². The molecule has 0 spiro atoms. The van der Waals surface area contributed by atoms with E-state index in [9.17, 15) is 0 Å². The quantitative estimate of drug-likeness (QED) is 0.760. The molecule has 1 saturated heterocycles. The lowest BCUT2D eigenvalue weighted by atomic mass is 9.73. The first-order chi connectivity index (χ1) is 10.2. The molecule has 21 heavy (non-hydrogen) atoms. The summed E-state index contributed by atoms with van der Waals surface area (Å²) in [6, 6.07) is 0.634. The van der Waals surface area contributed by atoms with Crippen LogP contribution in [0.5, 0.6) is 0 Å². The maximum absolute atomic E-state index is 5.62. The Balaban J connectivity index is 2.19. The zero-order chi connectivity index (χ0) is 15.1. The molecular formula is C18H36N2O. The predicted molar refractivity (Wildman–Crippen MR) is 89.7 cm³/mol. The van der Waals surface area contributed by atoms with Gasteiger partial charge in [0.1, 0.15) is 0 Å². The molecule has 1 N–H and O–H groups in total. The Morgan fingerprint density at radius 1 is 1.10 bits per heavy atom. The fourth-order valence-electron chi connectivity index (χ4n) is 4.52. The predicted octanol–water partition coefficient (Wildman–Crippen LogP) is 3.44. The lowest BCUT2D eigenvalue weighted by Crippen LogP contribution is -2.62. The fourth-order valence-corrected chi connectivity index (χ4v) is 4.52. The van der Waals surface area contributed by atoms with Gasteiger partial charge in [-0.2, -0.15) is 0 Å². The van der Waals surface area contributed by atoms with Gasteiger partial charge in [-0.25, -0.2) is 0 Å². The molecular weight excluding hydrogens is 260 g/mol. The van der Waals surface area contributed by atoms with Gasteiger partial charge < -0.3 is 15.0 Å². The van der Waals surface area contributed by atoms with E-state index < -0.39 is 0 Å². The van der Waals surface area contributed by atoms with E-state index in [0.717, 1.165) is 25.7 Å². The summed E-state index contributed by atoms with van der Waals surface area (Å²) < 4.78 is 5.62. The number of nitrogens with one attached hydrogen (secondary N) is 1. The summed E-state index contributed by atoms with van der Waals surface area (Å²) >= 11 is 0. The first-order valence-electron chi connectivity index (χ1n) is 9.19. The largest absolute Gasteiger partial charge is 0.381 e. The molecule has 3 heteroatoms. The number of hydrogen-bond donors (Lipinski definition) is 1. The molecule has 3 nitrogen and oxygen atoms in total. The van der Waals surface area contributed by atoms with E-state index in [1.54, 1.807) is 0 Å². The molecule has 1 heterocycles. The van der Waals surface area contributed by atoms with Crippen molar-refractivity contribution >= 4 is 0 Å². The molecule has 0 amide bonds. The van der Waals surface area contributed by atoms with Crippen LogP contribution in [0.4, 0.5) is 0 Å². The Bertz CT molecular complexity index is 279. The molecule has 1 saturated carbocycles. The number of likely N-dealkylation sites (N-methyl/N-ethyl adjacent to an activating group) is 1. The van der Waals surface area contributed by atoms with Crippen molar-refractivity contribution < 1.29 is 4.74 Å². The minimum atomic E-state index is 0.355. The van der Waals surface area contributed by atoms with E-state index in [1.807, 2.05) is 0 Å². The van der Waals surface area contributed by atoms with E-state index >= 15 is 0 Å². The summed E-state index contributed by atoms with van der Waals surface area (Å²) in [4.78, 5) is 2.56. The fraction of sp³-hybridized carbons (Fsp3) is 1.00. The minimum Gasteiger partial charge on any atom is -0.381 e. The number of hydrogen-bond acceptors (Lipinski definition) is 3. The molecule has 2 aliphatic rings. The average Bonchev–Trinajstić information content (AvgIpc) is 2.76. The topological polar surface area (TPSA) is 24.5 Å². The van der Waals surface area contributed by atoms with Crippen LogP contribution in [0.1, 0.15) is 64.7 Å². The van der Waals surface area contributed by atoms with Crippen molar-refractivity contribution in [3.05, 3.63) is 0 Å². The van der Waals surface area contributed by atoms with E-state index in [1.165, 1.54) is 57.8 Å². The van der Waals surface area contributed by atoms with Crippen LogP contribution in [-0.2, 0) is 4.74 Å². The lowest BCUT2D eigenvalue weighted by molar-refractivity contribution is 0.000913. The maximum Gasteiger partial charge on any atom is 0.0469 e. The Kier molecular flexibility index (Phi) is 6.97. The van der Waals surface area contributed by atoms with Crippen molar-refractivity contribution in [3.8, 4) is 0 Å². The van der Waals surface area contributed by atoms with Crippen LogP contribution in [0.3, 0.4) is 0 Å². The van der Waals surface area contributed by atoms with Gasteiger partial charge in [0.15, 0.2) is 0 Å². The summed E-state index contributed by atoms with van der Waals surface area (Å²) in [7, 11) is 4.62. The Labute approximate surface area is 131 Å². The SMILES string of the molecule is CCCNC(C1CCOCC1)C1(N(C)C)CCCCCC1. The van der Waals surface area contributed by atoms with E-state index in [-0.39, 0.29) is 0 Å². The van der Waals surface area contributed by atoms with Crippen molar-refractivity contribution in [2.24, 2.45) is 5.92 Å². The number of rotatable bonds is 6. The molecule has 1 atom stereocenters. The van der Waals surface area contributed by atoms with Crippen molar-refractivity contribution in [2.75, 3.05) is 33.9 Å². The molecule has 0 aromatic carbocycles. The van der Waals surface area contributed by atoms with E-state index in [0.29, 0.717) is 11.6 Å². The molecule has 0 aromatic heterocycles. The Morgan fingerprint density at radius 3 is 2.24 bits per heavy atom. The van der Waals surface area contributed by atoms with Crippen LogP contribution in [0.25, 0.3) is 0 Å². The highest BCUT2D eigenvalue weighted by Crippen LogP contribution is 2.39. The van der Waals surface area contributed by atoms with Gasteiger partial charge in [0.2, 0.25) is 0 Å². The summed E-state index contributed by atoms with van der Waals surface area (Å²) in [5.74, 6) is 0.783. The zero-order valence-corrected chi connectivity index (χ0v) is 14.5. The van der Waals surface area contributed by atoms with Gasteiger partial charge in [-0.05, 0) is 58.7 Å². The zero-order valence-electron chi connectivity index (χ0n) is 14.5. The van der Waals surface area contributed by atoms with Gasteiger partial charge in [0.25, 0.3) is 0 Å². The smallest absolute Gasteiger partial charge is 0.0469 e. The first kappa shape index (κ1) is 17.2. The normalized spacial score (nSPS) is 25.7. The maximum atomic E-state index is 5.62. The van der Waals surface area contributed by atoms with E-state index in [4.69, 9.17) is 4.74 Å². The monoisotopic (exact) mass is 296 g/mol. The van der Waals surface area contributed by atoms with Crippen LogP contribution >= 0.6 is 0 Å². The molecule has 2 rings (SSSR count). The highest BCUT2D eigenvalue weighted by molar-refractivity contribution is 5.02. The van der Waals surface area contributed by atoms with Crippen LogP contribution < -0.4 is 5.32 Å².